The van der Waals surface area contributed by atoms with E-state index in [1.807, 2.05) is 6.07 Å². The number of carboxylic acid groups (broad SMARTS) is 1. The van der Waals surface area contributed by atoms with Gasteiger partial charge in [-0.1, -0.05) is 23.7 Å². The van der Waals surface area contributed by atoms with Gasteiger partial charge in [0.15, 0.2) is 9.84 Å². The number of hydrogen-bond acceptors (Lipinski definition) is 5. The molecule has 0 unspecified atom stereocenters. The average Bonchev–Trinajstić information content (AvgIpc) is 3.17. The second kappa shape index (κ2) is 7.60. The molecule has 3 N–H and O–H groups in total. The molecule has 0 radical (unpaired) electrons. The van der Waals surface area contributed by atoms with E-state index in [2.05, 4.69) is 5.32 Å². The molecule has 1 aromatic rings. The minimum Gasteiger partial charge on any atom is -0.465 e. The van der Waals surface area contributed by atoms with Crippen LogP contribution >= 0.6 is 11.6 Å². The monoisotopic (exact) mass is 386 g/mol. The molecule has 0 heterocycles. The SMILES string of the molecule is N#CC1(NC(=O)O)CC1.O=S(=O)(c1ccccc1Cl)[C@@H]1CC[C@H](O)C1. The third kappa shape index (κ3) is 4.84. The standard InChI is InChI=1S/C11H13ClO3S.C5H6N2O2/c12-10-3-1-2-4-11(10)16(14,15)9-6-5-8(13)7-9;6-3-5(1-2-5)7-4(8)9/h1-4,8-9,13H,5-7H2;7H,1-2H2,(H,8,9)/t8-,9+;/m0./s1. The van der Waals surface area contributed by atoms with Crippen molar-refractivity contribution in [2.24, 2.45) is 0 Å². The van der Waals surface area contributed by atoms with Gasteiger partial charge in [-0.05, 0) is 44.2 Å². The number of benzene rings is 1. The topological polar surface area (TPSA) is 127 Å². The van der Waals surface area contributed by atoms with Gasteiger partial charge in [0.2, 0.25) is 0 Å². The van der Waals surface area contributed by atoms with Crippen LogP contribution in [0.25, 0.3) is 0 Å². The van der Waals surface area contributed by atoms with E-state index in [9.17, 15) is 18.3 Å². The van der Waals surface area contributed by atoms with Gasteiger partial charge in [-0.15, -0.1) is 0 Å². The average molecular weight is 387 g/mol. The first-order chi connectivity index (χ1) is 11.7. The van der Waals surface area contributed by atoms with Crippen LogP contribution in [0.5, 0.6) is 0 Å². The molecule has 0 bridgehead atoms. The van der Waals surface area contributed by atoms with Gasteiger partial charge in [-0.2, -0.15) is 5.26 Å². The first kappa shape index (κ1) is 19.5. The molecule has 0 spiro atoms. The zero-order valence-electron chi connectivity index (χ0n) is 13.4. The highest BCUT2D eigenvalue weighted by Gasteiger charge is 2.44. The Morgan fingerprint density at radius 2 is 1.96 bits per heavy atom. The number of sulfone groups is 1. The van der Waals surface area contributed by atoms with Crippen molar-refractivity contribution >= 4 is 27.5 Å². The molecule has 0 saturated heterocycles. The quantitative estimate of drug-likeness (QED) is 0.731. The number of amides is 1. The Bertz CT molecular complexity index is 786. The van der Waals surface area contributed by atoms with Gasteiger partial charge in [0, 0.05) is 0 Å². The van der Waals surface area contributed by atoms with Crippen molar-refractivity contribution in [3.8, 4) is 6.07 Å². The molecule has 2 aliphatic carbocycles. The Morgan fingerprint density at radius 3 is 2.36 bits per heavy atom. The first-order valence-electron chi connectivity index (χ1n) is 7.79. The van der Waals surface area contributed by atoms with Gasteiger partial charge in [0.05, 0.1) is 27.3 Å². The summed E-state index contributed by atoms with van der Waals surface area (Å²) >= 11 is 5.88. The summed E-state index contributed by atoms with van der Waals surface area (Å²) in [5.74, 6) is 0. The summed E-state index contributed by atoms with van der Waals surface area (Å²) in [6.45, 7) is 0. The van der Waals surface area contributed by atoms with E-state index >= 15 is 0 Å². The predicted octanol–water partition coefficient (Wildman–Crippen LogP) is 2.34. The molecule has 0 aliphatic heterocycles. The second-order valence-electron chi connectivity index (χ2n) is 6.19. The smallest absolute Gasteiger partial charge is 0.405 e. The summed E-state index contributed by atoms with van der Waals surface area (Å²) in [5.41, 5.74) is -0.730. The Morgan fingerprint density at radius 1 is 1.32 bits per heavy atom. The number of aliphatic hydroxyl groups excluding tert-OH is 1. The summed E-state index contributed by atoms with van der Waals surface area (Å²) in [4.78, 5) is 10.1. The summed E-state index contributed by atoms with van der Waals surface area (Å²) in [6.07, 6.45) is 1.05. The number of hydrogen-bond donors (Lipinski definition) is 3. The molecule has 7 nitrogen and oxygen atoms in total. The maximum absolute atomic E-state index is 12.2. The first-order valence-corrected chi connectivity index (χ1v) is 9.71. The van der Waals surface area contributed by atoms with E-state index in [4.69, 9.17) is 22.0 Å². The fourth-order valence-corrected chi connectivity index (χ4v) is 5.00. The highest BCUT2D eigenvalue weighted by atomic mass is 35.5. The minimum absolute atomic E-state index is 0.177. The van der Waals surface area contributed by atoms with Crippen molar-refractivity contribution in [2.45, 2.75) is 53.9 Å². The second-order valence-corrected chi connectivity index (χ2v) is 8.79. The number of rotatable bonds is 3. The molecule has 0 aromatic heterocycles. The lowest BCUT2D eigenvalue weighted by atomic mass is 10.3. The van der Waals surface area contributed by atoms with Crippen molar-refractivity contribution in [1.29, 1.82) is 5.26 Å². The molecular weight excluding hydrogens is 368 g/mol. The lowest BCUT2D eigenvalue weighted by Crippen LogP contribution is -2.33. The number of halogens is 1. The summed E-state index contributed by atoms with van der Waals surface area (Å²) < 4.78 is 24.4. The fraction of sp³-hybridized carbons (Fsp3) is 0.500. The van der Waals surface area contributed by atoms with E-state index in [-0.39, 0.29) is 9.92 Å². The Hall–Kier alpha value is -1.82. The molecule has 1 amide bonds. The van der Waals surface area contributed by atoms with Crippen LogP contribution in [0.4, 0.5) is 4.79 Å². The third-order valence-corrected chi connectivity index (χ3v) is 6.97. The lowest BCUT2D eigenvalue weighted by Gasteiger charge is -2.12. The number of aliphatic hydroxyl groups is 1. The van der Waals surface area contributed by atoms with Crippen LogP contribution < -0.4 is 5.32 Å². The van der Waals surface area contributed by atoms with E-state index in [0.717, 1.165) is 0 Å². The number of carbonyl (C=O) groups is 1. The highest BCUT2D eigenvalue weighted by Crippen LogP contribution is 2.34. The third-order valence-electron chi connectivity index (χ3n) is 4.25. The zero-order chi connectivity index (χ0) is 18.7. The van der Waals surface area contributed by atoms with Crippen molar-refractivity contribution < 1.29 is 23.4 Å². The van der Waals surface area contributed by atoms with Gasteiger partial charge < -0.3 is 15.5 Å². The number of nitrogens with one attached hydrogen (secondary N) is 1. The zero-order valence-corrected chi connectivity index (χ0v) is 14.9. The predicted molar refractivity (Wildman–Crippen MR) is 91.0 cm³/mol. The molecule has 3 rings (SSSR count). The van der Waals surface area contributed by atoms with Crippen LogP contribution in [-0.2, 0) is 9.84 Å². The van der Waals surface area contributed by atoms with Gasteiger partial charge in [-0.3, -0.25) is 0 Å². The van der Waals surface area contributed by atoms with Gasteiger partial charge in [0.25, 0.3) is 0 Å². The van der Waals surface area contributed by atoms with Crippen molar-refractivity contribution in [2.75, 3.05) is 0 Å². The molecule has 2 saturated carbocycles. The van der Waals surface area contributed by atoms with E-state index < -0.39 is 32.8 Å². The van der Waals surface area contributed by atoms with Gasteiger partial charge in [0.1, 0.15) is 5.54 Å². The largest absolute Gasteiger partial charge is 0.465 e. The maximum atomic E-state index is 12.2. The summed E-state index contributed by atoms with van der Waals surface area (Å²) in [6, 6.07) is 8.33. The molecule has 2 aliphatic rings. The van der Waals surface area contributed by atoms with E-state index in [0.29, 0.717) is 32.1 Å². The highest BCUT2D eigenvalue weighted by molar-refractivity contribution is 7.92. The molecule has 2 atom stereocenters. The van der Waals surface area contributed by atoms with Crippen LogP contribution in [0.3, 0.4) is 0 Å². The summed E-state index contributed by atoms with van der Waals surface area (Å²) in [5, 5.41) is 27.8. The van der Waals surface area contributed by atoms with E-state index in [1.54, 1.807) is 18.2 Å². The van der Waals surface area contributed by atoms with Gasteiger partial charge >= 0.3 is 6.09 Å². The normalized spacial score (nSPS) is 23.7. The Balaban J connectivity index is 0.000000212. The molecule has 2 fully saturated rings. The Kier molecular flexibility index (Phi) is 5.93. The van der Waals surface area contributed by atoms with E-state index in [1.165, 1.54) is 6.07 Å². The molecule has 1 aromatic carbocycles. The number of nitrogens with zero attached hydrogens (tertiary/aromatic N) is 1. The van der Waals surface area contributed by atoms with Crippen LogP contribution in [-0.4, -0.2) is 41.6 Å². The van der Waals surface area contributed by atoms with Crippen LogP contribution in [0.15, 0.2) is 29.2 Å². The molecular formula is C16H19ClN2O5S. The van der Waals surface area contributed by atoms with Crippen molar-refractivity contribution in [1.82, 2.24) is 5.32 Å². The van der Waals surface area contributed by atoms with Crippen LogP contribution in [0, 0.1) is 11.3 Å². The lowest BCUT2D eigenvalue weighted by molar-refractivity contribution is 0.183. The van der Waals surface area contributed by atoms with Crippen LogP contribution in [0.1, 0.15) is 32.1 Å². The minimum atomic E-state index is -3.39. The van der Waals surface area contributed by atoms with Crippen molar-refractivity contribution in [3.05, 3.63) is 29.3 Å². The molecule has 9 heteroatoms. The molecule has 25 heavy (non-hydrogen) atoms. The van der Waals surface area contributed by atoms with Gasteiger partial charge in [-0.25, -0.2) is 13.2 Å². The number of nitriles is 1. The fourth-order valence-electron chi connectivity index (χ4n) is 2.65. The Labute approximate surface area is 151 Å². The molecule has 136 valence electrons. The summed E-state index contributed by atoms with van der Waals surface area (Å²) in [7, 11) is -3.39. The van der Waals surface area contributed by atoms with Crippen molar-refractivity contribution in [3.63, 3.8) is 0 Å². The van der Waals surface area contributed by atoms with Crippen LogP contribution in [0.2, 0.25) is 5.02 Å². The maximum Gasteiger partial charge on any atom is 0.405 e.